The smallest absolute Gasteiger partial charge is 0.227 e. The van der Waals surface area contributed by atoms with Crippen LogP contribution in [0.25, 0.3) is 0 Å². The van der Waals surface area contributed by atoms with Gasteiger partial charge in [-0.1, -0.05) is 73.3 Å². The lowest BCUT2D eigenvalue weighted by Crippen LogP contribution is -2.51. The topological polar surface area (TPSA) is 123 Å². The highest BCUT2D eigenvalue weighted by atomic mass is 32.2. The third-order valence-corrected chi connectivity index (χ3v) is 14.7. The Labute approximate surface area is 290 Å². The zero-order chi connectivity index (χ0) is 36.5. The zero-order valence-electron chi connectivity index (χ0n) is 31.3. The molecule has 1 amide bonds. The number of piperidine rings is 1. The van der Waals surface area contributed by atoms with Gasteiger partial charge in [-0.3, -0.25) is 24.0 Å². The van der Waals surface area contributed by atoms with E-state index in [-0.39, 0.29) is 66.2 Å². The normalized spacial score (nSPS) is 24.7. The van der Waals surface area contributed by atoms with Gasteiger partial charge in [-0.2, -0.15) is 0 Å². The molecular formula is C39H63NO7S. The van der Waals surface area contributed by atoms with Gasteiger partial charge in [0.15, 0.2) is 21.4 Å². The molecule has 1 heterocycles. The molecule has 3 fully saturated rings. The summed E-state index contributed by atoms with van der Waals surface area (Å²) in [4.78, 5) is 70.0. The zero-order valence-corrected chi connectivity index (χ0v) is 32.1. The molecule has 2 unspecified atom stereocenters. The first-order valence-corrected chi connectivity index (χ1v) is 19.9. The van der Waals surface area contributed by atoms with Crippen molar-refractivity contribution < 1.29 is 32.4 Å². The third-order valence-electron chi connectivity index (χ3n) is 11.8. The van der Waals surface area contributed by atoms with Crippen LogP contribution in [0.4, 0.5) is 0 Å². The summed E-state index contributed by atoms with van der Waals surface area (Å²) < 4.78 is 25.8. The van der Waals surface area contributed by atoms with Gasteiger partial charge in [0.25, 0.3) is 0 Å². The number of Topliss-reactive ketones (excluding diaryl/α,β-unsaturated/α-hetero) is 4. The summed E-state index contributed by atoms with van der Waals surface area (Å²) in [7, 11) is -3.46. The number of carbonyl (C=O) groups excluding carboxylic acids is 5. The van der Waals surface area contributed by atoms with E-state index in [1.54, 1.807) is 31.7 Å². The van der Waals surface area contributed by atoms with Crippen molar-refractivity contribution in [3.63, 3.8) is 0 Å². The van der Waals surface area contributed by atoms with Gasteiger partial charge in [-0.15, -0.1) is 6.58 Å². The van der Waals surface area contributed by atoms with Gasteiger partial charge in [-0.05, 0) is 74.5 Å². The maximum atomic E-state index is 14.5. The average Bonchev–Trinajstić information content (AvgIpc) is 3.28. The summed E-state index contributed by atoms with van der Waals surface area (Å²) in [6.07, 6.45) is 7.33. The van der Waals surface area contributed by atoms with Crippen molar-refractivity contribution in [2.24, 2.45) is 39.9 Å². The van der Waals surface area contributed by atoms with E-state index in [1.165, 1.54) is 0 Å². The summed E-state index contributed by atoms with van der Waals surface area (Å²) >= 11 is 0. The summed E-state index contributed by atoms with van der Waals surface area (Å²) in [6.45, 7) is 21.1. The van der Waals surface area contributed by atoms with E-state index in [0.717, 1.165) is 19.3 Å². The molecule has 3 rings (SSSR count). The SMILES string of the molecule is C=CCCC(=O)C(=O)C(CCC)CC(=O)[C@@H]1[C@@H]2C(CN1C(=O)[C@@H](CC(=O)CC1(CS(=O)(=O)C(C)(C)C)CCCCC1)C(C)(C)C)C2(C)C. The van der Waals surface area contributed by atoms with Gasteiger partial charge < -0.3 is 4.90 Å². The van der Waals surface area contributed by atoms with Crippen LogP contribution < -0.4 is 0 Å². The van der Waals surface area contributed by atoms with Crippen LogP contribution in [0, 0.1) is 39.9 Å². The summed E-state index contributed by atoms with van der Waals surface area (Å²) in [5, 5.41) is 0. The van der Waals surface area contributed by atoms with Crippen LogP contribution in [0.1, 0.15) is 139 Å². The lowest BCUT2D eigenvalue weighted by atomic mass is 9.70. The fourth-order valence-electron chi connectivity index (χ4n) is 8.48. The van der Waals surface area contributed by atoms with Crippen LogP contribution in [0.5, 0.6) is 0 Å². The van der Waals surface area contributed by atoms with Crippen molar-refractivity contribution in [1.29, 1.82) is 0 Å². The Morgan fingerprint density at radius 2 is 1.56 bits per heavy atom. The lowest BCUT2D eigenvalue weighted by molar-refractivity contribution is -0.148. The molecule has 8 nitrogen and oxygen atoms in total. The minimum Gasteiger partial charge on any atom is -0.332 e. The van der Waals surface area contributed by atoms with Crippen molar-refractivity contribution >= 4 is 38.9 Å². The molecule has 0 aromatic rings. The highest BCUT2D eigenvalue weighted by Crippen LogP contribution is 2.65. The van der Waals surface area contributed by atoms with Crippen molar-refractivity contribution in [3.8, 4) is 0 Å². The number of hydrogen-bond donors (Lipinski definition) is 0. The summed E-state index contributed by atoms with van der Waals surface area (Å²) in [5.74, 6) is -2.83. The molecule has 5 atom stereocenters. The number of likely N-dealkylation sites (tertiary alicyclic amines) is 1. The van der Waals surface area contributed by atoms with Crippen LogP contribution in [0.15, 0.2) is 12.7 Å². The number of amides is 1. The maximum absolute atomic E-state index is 14.5. The van der Waals surface area contributed by atoms with E-state index in [0.29, 0.717) is 38.6 Å². The van der Waals surface area contributed by atoms with E-state index >= 15 is 0 Å². The second kappa shape index (κ2) is 15.0. The monoisotopic (exact) mass is 689 g/mol. The molecule has 0 radical (unpaired) electrons. The number of hydrogen-bond acceptors (Lipinski definition) is 7. The van der Waals surface area contributed by atoms with E-state index in [1.807, 2.05) is 27.7 Å². The Kier molecular flexibility index (Phi) is 12.6. The molecule has 2 saturated carbocycles. The van der Waals surface area contributed by atoms with Crippen molar-refractivity contribution in [2.45, 2.75) is 150 Å². The van der Waals surface area contributed by atoms with Gasteiger partial charge in [0.2, 0.25) is 11.7 Å². The molecule has 48 heavy (non-hydrogen) atoms. The number of carbonyl (C=O) groups is 5. The van der Waals surface area contributed by atoms with Crippen molar-refractivity contribution in [1.82, 2.24) is 4.90 Å². The van der Waals surface area contributed by atoms with Gasteiger partial charge in [0.1, 0.15) is 5.78 Å². The number of rotatable bonds is 17. The van der Waals surface area contributed by atoms with Crippen LogP contribution in [-0.2, 0) is 33.8 Å². The minimum atomic E-state index is -3.46. The molecule has 0 N–H and O–H groups in total. The molecule has 1 aliphatic heterocycles. The van der Waals surface area contributed by atoms with E-state index in [9.17, 15) is 32.4 Å². The van der Waals surface area contributed by atoms with Crippen LogP contribution in [0.3, 0.4) is 0 Å². The summed E-state index contributed by atoms with van der Waals surface area (Å²) in [6, 6.07) is -0.700. The van der Waals surface area contributed by atoms with Crippen molar-refractivity contribution in [2.75, 3.05) is 12.3 Å². The Morgan fingerprint density at radius 1 is 0.958 bits per heavy atom. The number of allylic oxidation sites excluding steroid dienone is 1. The molecule has 0 spiro atoms. The third kappa shape index (κ3) is 8.95. The average molecular weight is 690 g/mol. The highest BCUT2D eigenvalue weighted by Gasteiger charge is 2.69. The number of nitrogens with zero attached hydrogens (tertiary/aromatic N) is 1. The quantitative estimate of drug-likeness (QED) is 0.118. The largest absolute Gasteiger partial charge is 0.332 e. The van der Waals surface area contributed by atoms with Gasteiger partial charge in [-0.25, -0.2) is 8.42 Å². The molecule has 9 heteroatoms. The fraction of sp³-hybridized carbons (Fsp3) is 0.821. The second-order valence-electron chi connectivity index (χ2n) is 17.9. The van der Waals surface area contributed by atoms with Crippen molar-refractivity contribution in [3.05, 3.63) is 12.7 Å². The van der Waals surface area contributed by atoms with E-state index < -0.39 is 54.9 Å². The number of sulfone groups is 1. The first kappa shape index (κ1) is 40.3. The van der Waals surface area contributed by atoms with Gasteiger partial charge in [0.05, 0.1) is 16.5 Å². The van der Waals surface area contributed by atoms with E-state index in [4.69, 9.17) is 0 Å². The molecule has 3 aliphatic rings. The molecule has 272 valence electrons. The first-order valence-electron chi connectivity index (χ1n) is 18.3. The molecule has 0 aromatic carbocycles. The summed E-state index contributed by atoms with van der Waals surface area (Å²) in [5.41, 5.74) is -1.34. The lowest BCUT2D eigenvalue weighted by Gasteiger charge is -2.40. The predicted octanol–water partition coefficient (Wildman–Crippen LogP) is 7.12. The Balaban J connectivity index is 1.85. The van der Waals surface area contributed by atoms with Crippen LogP contribution in [0.2, 0.25) is 0 Å². The van der Waals surface area contributed by atoms with Gasteiger partial charge in [0, 0.05) is 44.1 Å². The maximum Gasteiger partial charge on any atom is 0.227 e. The van der Waals surface area contributed by atoms with E-state index in [2.05, 4.69) is 20.4 Å². The Hall–Kier alpha value is -2.16. The Morgan fingerprint density at radius 3 is 2.08 bits per heavy atom. The van der Waals surface area contributed by atoms with Gasteiger partial charge >= 0.3 is 0 Å². The predicted molar refractivity (Wildman–Crippen MR) is 190 cm³/mol. The Bertz CT molecular complexity index is 1360. The molecule has 1 saturated heterocycles. The van der Waals surface area contributed by atoms with Crippen LogP contribution in [-0.4, -0.2) is 65.4 Å². The fourth-order valence-corrected chi connectivity index (χ4v) is 10.1. The minimum absolute atomic E-state index is 0.00939. The number of ketones is 4. The molecular weight excluding hydrogens is 626 g/mol. The standard InChI is InChI=1S/C39H63NO7S/c1-11-13-18-30(42)34(44)26(17-12-2)21-31(43)33-32-29(38(32,9)10)24-40(33)35(45)28(36(3,4)5)22-27(41)23-39(19-15-14-16-20-39)25-48(46,47)37(6,7)8/h11,26,28-29,32-33H,1,12-25H2,2-10H3/t26?,28-,29?,32+,33-/m1/s1. The number of fused-ring (bicyclic) bond motifs is 1. The molecule has 0 aromatic heterocycles. The second-order valence-corrected chi connectivity index (χ2v) is 20.7. The first-order chi connectivity index (χ1) is 22.0. The molecule has 2 aliphatic carbocycles. The van der Waals surface area contributed by atoms with Crippen LogP contribution >= 0.6 is 0 Å². The highest BCUT2D eigenvalue weighted by molar-refractivity contribution is 7.92. The molecule has 0 bridgehead atoms.